The normalized spacial score (nSPS) is 12.0. The minimum Gasteiger partial charge on any atom is -0.254 e. The second kappa shape index (κ2) is 9.43. The maximum atomic E-state index is 5.36. The summed E-state index contributed by atoms with van der Waals surface area (Å²) in [5.74, 6) is 0. The van der Waals surface area contributed by atoms with Gasteiger partial charge < -0.3 is 0 Å². The van der Waals surface area contributed by atoms with Crippen molar-refractivity contribution in [3.8, 4) is 22.4 Å². The predicted octanol–water partition coefficient (Wildman–Crippen LogP) is 11.9. The van der Waals surface area contributed by atoms with E-state index in [1.165, 1.54) is 63.6 Å². The predicted molar refractivity (Wildman–Crippen MR) is 193 cm³/mol. The molecule has 3 aromatic heterocycles. The van der Waals surface area contributed by atoms with Gasteiger partial charge in [0.2, 0.25) is 0 Å². The lowest BCUT2D eigenvalue weighted by Crippen LogP contribution is -1.93. The molecule has 0 amide bonds. The van der Waals surface area contributed by atoms with Crippen molar-refractivity contribution in [1.82, 2.24) is 9.97 Å². The van der Waals surface area contributed by atoms with Crippen molar-refractivity contribution in [2.75, 3.05) is 0 Å². The van der Waals surface area contributed by atoms with Gasteiger partial charge in [-0.25, -0.2) is 4.98 Å². The molecule has 0 saturated heterocycles. The lowest BCUT2D eigenvalue weighted by molar-refractivity contribution is 1.37. The Labute approximate surface area is 262 Å². The van der Waals surface area contributed by atoms with Crippen LogP contribution in [0.3, 0.4) is 0 Å². The molecule has 0 saturated carbocycles. The zero-order valence-corrected chi connectivity index (χ0v) is 25.0. The van der Waals surface area contributed by atoms with Gasteiger partial charge in [0.25, 0.3) is 0 Å². The van der Waals surface area contributed by atoms with Crippen molar-refractivity contribution in [1.29, 1.82) is 0 Å². The average molecular weight is 589 g/mol. The van der Waals surface area contributed by atoms with Gasteiger partial charge in [-0.05, 0) is 79.8 Å². The number of aromatic nitrogens is 2. The first-order valence-corrected chi connectivity index (χ1v) is 16.1. The summed E-state index contributed by atoms with van der Waals surface area (Å²) in [6.07, 6.45) is 1.86. The number of benzene rings is 7. The van der Waals surface area contributed by atoms with E-state index >= 15 is 0 Å². The maximum Gasteiger partial charge on any atom is 0.0972 e. The van der Waals surface area contributed by atoms with Crippen LogP contribution in [0.1, 0.15) is 0 Å². The summed E-state index contributed by atoms with van der Waals surface area (Å²) in [5, 5.41) is 12.3. The van der Waals surface area contributed by atoms with E-state index in [4.69, 9.17) is 9.97 Å². The molecule has 10 aromatic rings. The van der Waals surface area contributed by atoms with Crippen LogP contribution in [0.25, 0.3) is 96.7 Å². The van der Waals surface area contributed by atoms with Crippen LogP contribution in [-0.4, -0.2) is 9.97 Å². The Morgan fingerprint density at radius 1 is 0.422 bits per heavy atom. The van der Waals surface area contributed by atoms with Crippen molar-refractivity contribution >= 4 is 85.6 Å². The van der Waals surface area contributed by atoms with Crippen LogP contribution in [0.5, 0.6) is 0 Å². The van der Waals surface area contributed by atoms with Crippen LogP contribution < -0.4 is 0 Å². The largest absolute Gasteiger partial charge is 0.254 e. The number of rotatable bonds is 2. The number of hydrogen-bond donors (Lipinski definition) is 0. The zero-order chi connectivity index (χ0) is 29.5. The Bertz CT molecular complexity index is 2830. The molecular formula is C42H24N2S. The maximum absolute atomic E-state index is 5.36. The molecule has 10 rings (SSSR count). The monoisotopic (exact) mass is 588 g/mol. The summed E-state index contributed by atoms with van der Waals surface area (Å²) in [7, 11) is 0. The van der Waals surface area contributed by atoms with Gasteiger partial charge in [0, 0.05) is 42.7 Å². The van der Waals surface area contributed by atoms with Gasteiger partial charge >= 0.3 is 0 Å². The molecule has 0 unspecified atom stereocenters. The summed E-state index contributed by atoms with van der Waals surface area (Å²) >= 11 is 1.86. The Hall–Kier alpha value is -5.64. The number of thiophene rings is 1. The number of nitrogens with zero attached hydrogens (tertiary/aromatic N) is 2. The molecule has 3 heterocycles. The number of fused-ring (bicyclic) bond motifs is 12. The van der Waals surface area contributed by atoms with Crippen molar-refractivity contribution in [3.05, 3.63) is 146 Å². The molecule has 0 bridgehead atoms. The van der Waals surface area contributed by atoms with Gasteiger partial charge in [-0.1, -0.05) is 103 Å². The minimum atomic E-state index is 0.931. The molecule has 3 heteroatoms. The Morgan fingerprint density at radius 3 is 1.93 bits per heavy atom. The van der Waals surface area contributed by atoms with Gasteiger partial charge in [-0.3, -0.25) is 4.98 Å². The molecule has 7 aromatic carbocycles. The van der Waals surface area contributed by atoms with Gasteiger partial charge in [-0.15, -0.1) is 11.3 Å². The lowest BCUT2D eigenvalue weighted by atomic mass is 9.88. The van der Waals surface area contributed by atoms with Crippen molar-refractivity contribution in [3.63, 3.8) is 0 Å². The zero-order valence-electron chi connectivity index (χ0n) is 24.2. The van der Waals surface area contributed by atoms with Gasteiger partial charge in [0.15, 0.2) is 0 Å². The highest BCUT2D eigenvalue weighted by Gasteiger charge is 2.17. The van der Waals surface area contributed by atoms with E-state index in [1.807, 2.05) is 23.6 Å². The van der Waals surface area contributed by atoms with Crippen molar-refractivity contribution < 1.29 is 0 Å². The van der Waals surface area contributed by atoms with E-state index < -0.39 is 0 Å². The molecule has 45 heavy (non-hydrogen) atoms. The Kier molecular flexibility index (Phi) is 5.19. The van der Waals surface area contributed by atoms with E-state index in [0.29, 0.717) is 0 Å². The number of pyridine rings is 2. The molecule has 0 fully saturated rings. The fraction of sp³-hybridized carbons (Fsp3) is 0. The first-order chi connectivity index (χ1) is 22.3. The standard InChI is InChI=1S/C42H24N2S/c1-2-11-31-29(9-1)30-10-3-4-13-34(30)40-35(31)22-28(27-17-19-33-32-12-5-6-14-38(32)45-39(33)24-27)23-36(40)37-20-18-26-16-15-25-8-7-21-43-41(25)42(26)44-37/h1-24H. The van der Waals surface area contributed by atoms with Gasteiger partial charge in [0.1, 0.15) is 0 Å². The second-order valence-corrected chi connectivity index (χ2v) is 12.8. The summed E-state index contributed by atoms with van der Waals surface area (Å²) in [4.78, 5) is 10.1. The third-order valence-electron chi connectivity index (χ3n) is 9.26. The van der Waals surface area contributed by atoms with Crippen LogP contribution in [0.15, 0.2) is 146 Å². The van der Waals surface area contributed by atoms with Crippen LogP contribution in [0.2, 0.25) is 0 Å². The topological polar surface area (TPSA) is 25.8 Å². The van der Waals surface area contributed by atoms with Crippen molar-refractivity contribution in [2.45, 2.75) is 0 Å². The van der Waals surface area contributed by atoms with E-state index in [-0.39, 0.29) is 0 Å². The first kappa shape index (κ1) is 24.8. The summed E-state index contributed by atoms with van der Waals surface area (Å²) in [5.41, 5.74) is 6.35. The fourth-order valence-corrected chi connectivity index (χ4v) is 8.33. The molecule has 2 nitrogen and oxygen atoms in total. The molecule has 0 aliphatic carbocycles. The number of hydrogen-bond acceptors (Lipinski definition) is 3. The average Bonchev–Trinajstić information content (AvgIpc) is 3.49. The van der Waals surface area contributed by atoms with Crippen LogP contribution in [-0.2, 0) is 0 Å². The van der Waals surface area contributed by atoms with E-state index in [0.717, 1.165) is 33.1 Å². The summed E-state index contributed by atoms with van der Waals surface area (Å²) in [6, 6.07) is 50.7. The van der Waals surface area contributed by atoms with Crippen LogP contribution >= 0.6 is 11.3 Å². The quantitative estimate of drug-likeness (QED) is 0.188. The van der Waals surface area contributed by atoms with Crippen LogP contribution in [0, 0.1) is 0 Å². The molecule has 0 spiro atoms. The van der Waals surface area contributed by atoms with Gasteiger partial charge in [0.05, 0.1) is 16.7 Å². The third kappa shape index (κ3) is 3.68. The van der Waals surface area contributed by atoms with Crippen LogP contribution in [0.4, 0.5) is 0 Å². The molecule has 208 valence electrons. The van der Waals surface area contributed by atoms with E-state index in [9.17, 15) is 0 Å². The minimum absolute atomic E-state index is 0.931. The lowest BCUT2D eigenvalue weighted by Gasteiger charge is -2.17. The fourth-order valence-electron chi connectivity index (χ4n) is 7.18. The SMILES string of the molecule is c1cnc2c(c1)ccc1ccc(-c3cc(-c4ccc5c(c4)sc4ccccc45)cc4c5ccccc5c5ccccc5c34)nc12. The van der Waals surface area contributed by atoms with Crippen molar-refractivity contribution in [2.24, 2.45) is 0 Å². The molecule has 0 radical (unpaired) electrons. The highest BCUT2D eigenvalue weighted by molar-refractivity contribution is 7.25. The smallest absolute Gasteiger partial charge is 0.0972 e. The summed E-state index contributed by atoms with van der Waals surface area (Å²) < 4.78 is 2.63. The first-order valence-electron chi connectivity index (χ1n) is 15.2. The molecule has 0 atom stereocenters. The highest BCUT2D eigenvalue weighted by Crippen LogP contribution is 2.44. The second-order valence-electron chi connectivity index (χ2n) is 11.8. The molecule has 0 N–H and O–H groups in total. The Balaban J connectivity index is 1.34. The summed E-state index contributed by atoms with van der Waals surface area (Å²) in [6.45, 7) is 0. The Morgan fingerprint density at radius 2 is 1.09 bits per heavy atom. The molecule has 0 aliphatic heterocycles. The van der Waals surface area contributed by atoms with Gasteiger partial charge in [-0.2, -0.15) is 0 Å². The third-order valence-corrected chi connectivity index (χ3v) is 10.4. The highest BCUT2D eigenvalue weighted by atomic mass is 32.1. The molecule has 0 aliphatic rings. The van der Waals surface area contributed by atoms with E-state index in [2.05, 4.69) is 133 Å². The molecular weight excluding hydrogens is 565 g/mol. The van der Waals surface area contributed by atoms with E-state index in [1.54, 1.807) is 0 Å².